The number of methoxy groups -OCH3 is 1. The molecule has 0 bridgehead atoms. The molecule has 3 aromatic rings. The second-order valence-electron chi connectivity index (χ2n) is 9.14. The molecule has 4 rings (SSSR count). The third kappa shape index (κ3) is 6.90. The molecule has 1 aliphatic heterocycles. The number of nitrogens with zero attached hydrogens (tertiary/aromatic N) is 2. The van der Waals surface area contributed by atoms with E-state index in [-0.39, 0.29) is 17.5 Å². The summed E-state index contributed by atoms with van der Waals surface area (Å²) in [5.41, 5.74) is -1.49. The number of rotatable bonds is 11. The van der Waals surface area contributed by atoms with Gasteiger partial charge in [0.1, 0.15) is 18.4 Å². The summed E-state index contributed by atoms with van der Waals surface area (Å²) in [6, 6.07) is 16.9. The van der Waals surface area contributed by atoms with Crippen LogP contribution in [0.5, 0.6) is 0 Å². The molecule has 228 valence electrons. The smallest absolute Gasteiger partial charge is 0.370 e. The first-order chi connectivity index (χ1) is 20.6. The lowest BCUT2D eigenvalue weighted by Gasteiger charge is -2.25. The van der Waals surface area contributed by atoms with Crippen molar-refractivity contribution in [2.24, 2.45) is 0 Å². The van der Waals surface area contributed by atoms with Crippen LogP contribution in [0.4, 0.5) is 0 Å². The van der Waals surface area contributed by atoms with Gasteiger partial charge in [0.2, 0.25) is 0 Å². The van der Waals surface area contributed by atoms with E-state index in [4.69, 9.17) is 23.3 Å². The maximum Gasteiger partial charge on any atom is 0.370 e. The second kappa shape index (κ2) is 13.8. The number of hydrogen-bond donors (Lipinski definition) is 0. The minimum Gasteiger partial charge on any atom is -0.467 e. The van der Waals surface area contributed by atoms with E-state index in [0.717, 1.165) is 38.2 Å². The Bertz CT molecular complexity index is 1610. The molecule has 0 radical (unpaired) electrons. The molecule has 1 aliphatic rings. The molecular weight excluding hydrogens is 587 g/mol. The fraction of sp³-hybridized carbons (Fsp3) is 0.321. The first-order valence-corrected chi connectivity index (χ1v) is 14.5. The average Bonchev–Trinajstić information content (AvgIpc) is 3.43. The Morgan fingerprint density at radius 3 is 2.12 bits per heavy atom. The summed E-state index contributed by atoms with van der Waals surface area (Å²) in [6.45, 7) is -0.489. The highest BCUT2D eigenvalue weighted by Gasteiger charge is 2.46. The molecule has 2 aromatic carbocycles. The van der Waals surface area contributed by atoms with Crippen LogP contribution in [0.2, 0.25) is 0 Å². The molecule has 1 fully saturated rings. The second-order valence-corrected chi connectivity index (χ2v) is 11.4. The van der Waals surface area contributed by atoms with E-state index in [0.29, 0.717) is 4.57 Å². The van der Waals surface area contributed by atoms with Crippen LogP contribution < -0.4 is 11.2 Å². The van der Waals surface area contributed by atoms with Crippen molar-refractivity contribution in [1.82, 2.24) is 9.13 Å². The van der Waals surface area contributed by atoms with Gasteiger partial charge in [-0.3, -0.25) is 18.7 Å². The highest BCUT2D eigenvalue weighted by molar-refractivity contribution is 7.55. The highest BCUT2D eigenvalue weighted by atomic mass is 31.2. The van der Waals surface area contributed by atoms with Crippen LogP contribution in [0.15, 0.2) is 82.5 Å². The average molecular weight is 617 g/mol. The third-order valence-corrected chi connectivity index (χ3v) is 8.56. The first-order valence-electron chi connectivity index (χ1n) is 12.9. The van der Waals surface area contributed by atoms with Gasteiger partial charge in [0.05, 0.1) is 19.3 Å². The predicted molar refractivity (Wildman–Crippen MR) is 149 cm³/mol. The van der Waals surface area contributed by atoms with Gasteiger partial charge in [0.15, 0.2) is 0 Å². The molecule has 2 heterocycles. The Kier molecular flexibility index (Phi) is 10.2. The molecule has 1 aromatic heterocycles. The molecule has 0 spiro atoms. The summed E-state index contributed by atoms with van der Waals surface area (Å²) < 4.78 is 46.2. The van der Waals surface area contributed by atoms with Crippen molar-refractivity contribution in [2.45, 2.75) is 30.7 Å². The van der Waals surface area contributed by atoms with E-state index in [2.05, 4.69) is 4.74 Å². The lowest BCUT2D eigenvalue weighted by atomic mass is 10.1. The van der Waals surface area contributed by atoms with Gasteiger partial charge in [-0.25, -0.2) is 14.4 Å². The monoisotopic (exact) mass is 616 g/mol. The van der Waals surface area contributed by atoms with Crippen molar-refractivity contribution in [3.8, 4) is 0 Å². The summed E-state index contributed by atoms with van der Waals surface area (Å²) >= 11 is 0. The van der Waals surface area contributed by atoms with Gasteiger partial charge in [-0.1, -0.05) is 36.4 Å². The molecule has 15 heteroatoms. The number of carbonyl (C=O) groups is 3. The molecule has 14 nitrogen and oxygen atoms in total. The minimum absolute atomic E-state index is 0.112. The van der Waals surface area contributed by atoms with Crippen LogP contribution in [-0.2, 0) is 37.4 Å². The number of benzene rings is 2. The number of carbonyl (C=O) groups excluding carboxylic acids is 3. The van der Waals surface area contributed by atoms with Crippen molar-refractivity contribution in [3.63, 3.8) is 0 Å². The highest BCUT2D eigenvalue weighted by Crippen LogP contribution is 2.52. The van der Waals surface area contributed by atoms with Crippen LogP contribution in [0.1, 0.15) is 33.4 Å². The van der Waals surface area contributed by atoms with Crippen molar-refractivity contribution in [3.05, 3.63) is 105 Å². The topological polar surface area (TPSA) is 168 Å². The van der Waals surface area contributed by atoms with Crippen molar-refractivity contribution in [2.75, 3.05) is 27.9 Å². The summed E-state index contributed by atoms with van der Waals surface area (Å²) in [7, 11) is -0.958. The summed E-state index contributed by atoms with van der Waals surface area (Å²) in [4.78, 5) is 64.3. The first kappa shape index (κ1) is 31.7. The molecule has 0 N–H and O–H groups in total. The largest absolute Gasteiger partial charge is 0.467 e. The standard InChI is InChI=1S/C28H29N2O12P/c1-37-26(34)27(43(36,38-2)39-3)40-17-21-20(42-25(33)19-12-8-5-9-13-19)16-23(41-21)29-15-14-22(31)30(28(29)35)24(32)18-10-6-4-7-11-18/h4-15,20-21,23,27H,16-17H2,1-3H3/t20-,21+,23+,27?/m0/s1. The van der Waals surface area contributed by atoms with Gasteiger partial charge >= 0.3 is 25.2 Å². The fourth-order valence-corrected chi connectivity index (χ4v) is 5.54. The zero-order chi connectivity index (χ0) is 31.1. The molecule has 1 unspecified atom stereocenters. The van der Waals surface area contributed by atoms with Crippen LogP contribution in [0.3, 0.4) is 0 Å². The third-order valence-electron chi connectivity index (χ3n) is 6.61. The lowest BCUT2D eigenvalue weighted by molar-refractivity contribution is -0.153. The van der Waals surface area contributed by atoms with Crippen molar-refractivity contribution < 1.29 is 46.9 Å². The van der Waals surface area contributed by atoms with Gasteiger partial charge < -0.3 is 28.0 Å². The molecular formula is C28H29N2O12P. The van der Waals surface area contributed by atoms with Gasteiger partial charge in [-0.2, -0.15) is 4.57 Å². The predicted octanol–water partition coefficient (Wildman–Crippen LogP) is 2.21. The maximum atomic E-state index is 13.4. The number of ether oxygens (including phenoxy) is 4. The summed E-state index contributed by atoms with van der Waals surface area (Å²) in [6.07, 6.45) is -2.27. The number of hydrogen-bond acceptors (Lipinski definition) is 12. The Labute approximate surface area is 245 Å². The normalized spacial score (nSPS) is 19.0. The van der Waals surface area contributed by atoms with E-state index in [1.807, 2.05) is 0 Å². The zero-order valence-electron chi connectivity index (χ0n) is 23.4. The molecule has 43 heavy (non-hydrogen) atoms. The van der Waals surface area contributed by atoms with Crippen LogP contribution >= 0.6 is 7.60 Å². The minimum atomic E-state index is -4.14. The van der Waals surface area contributed by atoms with Gasteiger partial charge in [0.25, 0.3) is 17.3 Å². The van der Waals surface area contributed by atoms with Crippen LogP contribution in [0.25, 0.3) is 0 Å². The number of aromatic nitrogens is 2. The molecule has 1 saturated heterocycles. The van der Waals surface area contributed by atoms with E-state index < -0.39 is 67.6 Å². The van der Waals surface area contributed by atoms with Gasteiger partial charge in [0, 0.05) is 38.5 Å². The summed E-state index contributed by atoms with van der Waals surface area (Å²) in [5.74, 6) is -4.41. The maximum absolute atomic E-state index is 13.4. The Morgan fingerprint density at radius 2 is 1.53 bits per heavy atom. The molecule has 0 aliphatic carbocycles. The van der Waals surface area contributed by atoms with Crippen LogP contribution in [-0.4, -0.2) is 73.0 Å². The zero-order valence-corrected chi connectivity index (χ0v) is 24.3. The summed E-state index contributed by atoms with van der Waals surface area (Å²) in [5, 5.41) is 0. The van der Waals surface area contributed by atoms with E-state index in [1.54, 1.807) is 36.4 Å². The van der Waals surface area contributed by atoms with Gasteiger partial charge in [-0.15, -0.1) is 0 Å². The fourth-order valence-electron chi connectivity index (χ4n) is 4.37. The van der Waals surface area contributed by atoms with Crippen molar-refractivity contribution in [1.29, 1.82) is 0 Å². The Hall–Kier alpha value is -4.20. The van der Waals surface area contributed by atoms with E-state index in [1.165, 1.54) is 24.3 Å². The van der Waals surface area contributed by atoms with Crippen molar-refractivity contribution >= 4 is 25.4 Å². The van der Waals surface area contributed by atoms with E-state index >= 15 is 0 Å². The molecule has 4 atom stereocenters. The van der Waals surface area contributed by atoms with Gasteiger partial charge in [-0.05, 0) is 24.3 Å². The quantitative estimate of drug-likeness (QED) is 0.228. The Morgan fingerprint density at radius 1 is 0.930 bits per heavy atom. The van der Waals surface area contributed by atoms with Crippen LogP contribution in [0, 0.1) is 0 Å². The molecule has 0 amide bonds. The van der Waals surface area contributed by atoms with E-state index in [9.17, 15) is 28.5 Å². The molecule has 0 saturated carbocycles. The number of esters is 2. The Balaban J connectivity index is 1.65. The SMILES string of the molecule is COC(=O)C(OC[C@H]1O[C@@H](n2ccc(=O)n(C(=O)c3ccccc3)c2=O)C[C@@H]1OC(=O)c1ccccc1)P(=O)(OC)OC. The lowest BCUT2D eigenvalue weighted by Crippen LogP contribution is -2.44.